The summed E-state index contributed by atoms with van der Waals surface area (Å²) in [5.74, 6) is 0. The summed E-state index contributed by atoms with van der Waals surface area (Å²) in [6.45, 7) is 5.72. The van der Waals surface area contributed by atoms with Crippen molar-refractivity contribution in [2.24, 2.45) is 0 Å². The maximum absolute atomic E-state index is 5.35. The van der Waals surface area contributed by atoms with Gasteiger partial charge in [-0.25, -0.2) is 0 Å². The number of nitrogens with zero attached hydrogens (tertiary/aromatic N) is 1. The minimum Gasteiger partial charge on any atom is -0.353 e. The number of rotatable bonds is 2. The number of likely N-dealkylation sites (tertiary alicyclic amines) is 1. The Balaban J connectivity index is 2.31. The number of aromatic nitrogens is 1. The van der Waals surface area contributed by atoms with Gasteiger partial charge in [-0.15, -0.1) is 0 Å². The van der Waals surface area contributed by atoms with E-state index in [0.717, 1.165) is 4.64 Å². The number of hydrogen-bond donors (Lipinski definition) is 1. The van der Waals surface area contributed by atoms with Gasteiger partial charge in [-0.3, -0.25) is 4.90 Å². The van der Waals surface area contributed by atoms with Crippen LogP contribution in [0.4, 0.5) is 0 Å². The lowest BCUT2D eigenvalue weighted by atomic mass is 10.1. The van der Waals surface area contributed by atoms with Crippen LogP contribution in [0.3, 0.4) is 0 Å². The van der Waals surface area contributed by atoms with Crippen LogP contribution in [0.25, 0.3) is 0 Å². The van der Waals surface area contributed by atoms with Crippen molar-refractivity contribution in [1.29, 1.82) is 0 Å². The number of pyridine rings is 1. The summed E-state index contributed by atoms with van der Waals surface area (Å²) in [5.41, 5.74) is 1.29. The summed E-state index contributed by atoms with van der Waals surface area (Å²) in [6.07, 6.45) is 4.42. The van der Waals surface area contributed by atoms with E-state index in [9.17, 15) is 0 Å². The first-order chi connectivity index (χ1) is 7.20. The summed E-state index contributed by atoms with van der Waals surface area (Å²) in [6, 6.07) is 5.33. The second-order valence-corrected chi connectivity index (χ2v) is 4.85. The zero-order chi connectivity index (χ0) is 10.8. The highest BCUT2D eigenvalue weighted by Crippen LogP contribution is 2.33. The number of nitrogens with one attached hydrogen (secondary N) is 1. The second-order valence-electron chi connectivity index (χ2n) is 4.44. The van der Waals surface area contributed by atoms with Crippen molar-refractivity contribution in [1.82, 2.24) is 9.88 Å². The molecule has 1 saturated heterocycles. The van der Waals surface area contributed by atoms with Crippen molar-refractivity contribution in [2.75, 3.05) is 6.54 Å². The van der Waals surface area contributed by atoms with E-state index in [4.69, 9.17) is 12.2 Å². The fourth-order valence-corrected chi connectivity index (χ4v) is 2.71. The summed E-state index contributed by atoms with van der Waals surface area (Å²) in [4.78, 5) is 5.67. The first-order valence-electron chi connectivity index (χ1n) is 5.63. The number of hydrogen-bond acceptors (Lipinski definition) is 2. The first-order valence-corrected chi connectivity index (χ1v) is 6.04. The van der Waals surface area contributed by atoms with Crippen LogP contribution in [-0.2, 0) is 0 Å². The van der Waals surface area contributed by atoms with Crippen LogP contribution in [0.15, 0.2) is 18.3 Å². The van der Waals surface area contributed by atoms with Crippen molar-refractivity contribution in [2.45, 2.75) is 38.8 Å². The molecule has 0 radical (unpaired) electrons. The van der Waals surface area contributed by atoms with Gasteiger partial charge < -0.3 is 4.98 Å². The Hall–Kier alpha value is -0.670. The van der Waals surface area contributed by atoms with Gasteiger partial charge in [0.25, 0.3) is 0 Å². The Morgan fingerprint density at radius 1 is 1.53 bits per heavy atom. The Bertz CT molecular complexity index is 383. The van der Waals surface area contributed by atoms with Crippen LogP contribution in [-0.4, -0.2) is 22.5 Å². The average Bonchev–Trinajstić information content (AvgIpc) is 2.67. The van der Waals surface area contributed by atoms with Gasteiger partial charge in [0.2, 0.25) is 0 Å². The van der Waals surface area contributed by atoms with Gasteiger partial charge in [-0.1, -0.05) is 18.3 Å². The van der Waals surface area contributed by atoms with Crippen LogP contribution < -0.4 is 0 Å². The van der Waals surface area contributed by atoms with E-state index in [-0.39, 0.29) is 0 Å². The van der Waals surface area contributed by atoms with E-state index in [1.165, 1.54) is 24.9 Å². The highest BCUT2D eigenvalue weighted by molar-refractivity contribution is 7.71. The monoisotopic (exact) mass is 222 g/mol. The molecule has 1 unspecified atom stereocenters. The molecule has 2 rings (SSSR count). The first kappa shape index (κ1) is 10.8. The van der Waals surface area contributed by atoms with Crippen LogP contribution in [0.5, 0.6) is 0 Å². The molecular formula is C12H18N2S. The predicted octanol–water partition coefficient (Wildman–Crippen LogP) is 3.29. The molecule has 1 aromatic heterocycles. The molecule has 1 aliphatic heterocycles. The minimum absolute atomic E-state index is 0.523. The van der Waals surface area contributed by atoms with E-state index < -0.39 is 0 Å². The zero-order valence-electron chi connectivity index (χ0n) is 9.36. The molecule has 3 heteroatoms. The Morgan fingerprint density at radius 3 is 3.00 bits per heavy atom. The lowest BCUT2D eigenvalue weighted by Crippen LogP contribution is -2.30. The van der Waals surface area contributed by atoms with Crippen molar-refractivity contribution in [3.8, 4) is 0 Å². The minimum atomic E-state index is 0.523. The number of H-pyrrole nitrogens is 1. The maximum atomic E-state index is 5.35. The van der Waals surface area contributed by atoms with Gasteiger partial charge in [-0.2, -0.15) is 0 Å². The third-order valence-corrected chi connectivity index (χ3v) is 3.52. The molecule has 1 aliphatic rings. The van der Waals surface area contributed by atoms with Gasteiger partial charge in [0, 0.05) is 23.8 Å². The smallest absolute Gasteiger partial charge is 0.108 e. The highest BCUT2D eigenvalue weighted by atomic mass is 32.1. The molecule has 0 aliphatic carbocycles. The highest BCUT2D eigenvalue weighted by Gasteiger charge is 2.28. The Morgan fingerprint density at radius 2 is 2.33 bits per heavy atom. The molecule has 0 spiro atoms. The molecule has 82 valence electrons. The number of aromatic amines is 1. The summed E-state index contributed by atoms with van der Waals surface area (Å²) in [5, 5.41) is 0. The van der Waals surface area contributed by atoms with Crippen molar-refractivity contribution < 1.29 is 0 Å². The van der Waals surface area contributed by atoms with Crippen LogP contribution in [0.2, 0.25) is 0 Å². The fourth-order valence-electron chi connectivity index (χ4n) is 2.44. The quantitative estimate of drug-likeness (QED) is 0.774. The molecule has 0 aromatic carbocycles. The van der Waals surface area contributed by atoms with Crippen LogP contribution >= 0.6 is 12.2 Å². The lowest BCUT2D eigenvalue weighted by molar-refractivity contribution is 0.205. The van der Waals surface area contributed by atoms with E-state index in [1.54, 1.807) is 0 Å². The molecule has 1 N–H and O–H groups in total. The molecule has 2 heterocycles. The molecular weight excluding hydrogens is 204 g/mol. The topological polar surface area (TPSA) is 19.0 Å². The molecule has 2 nitrogen and oxygen atoms in total. The van der Waals surface area contributed by atoms with Crippen molar-refractivity contribution >= 4 is 12.2 Å². The van der Waals surface area contributed by atoms with Crippen molar-refractivity contribution in [3.63, 3.8) is 0 Å². The van der Waals surface area contributed by atoms with Gasteiger partial charge in [0.15, 0.2) is 0 Å². The lowest BCUT2D eigenvalue weighted by Gasteiger charge is -2.28. The fraction of sp³-hybridized carbons (Fsp3) is 0.583. The normalized spacial score (nSPS) is 22.5. The predicted molar refractivity (Wildman–Crippen MR) is 65.4 cm³/mol. The van der Waals surface area contributed by atoms with E-state index in [1.807, 2.05) is 12.3 Å². The molecule has 1 fully saturated rings. The van der Waals surface area contributed by atoms with E-state index in [0.29, 0.717) is 12.1 Å². The largest absolute Gasteiger partial charge is 0.353 e. The summed E-state index contributed by atoms with van der Waals surface area (Å²) >= 11 is 5.35. The van der Waals surface area contributed by atoms with Crippen molar-refractivity contribution in [3.05, 3.63) is 28.5 Å². The van der Waals surface area contributed by atoms with Crippen LogP contribution in [0.1, 0.15) is 38.3 Å². The third-order valence-electron chi connectivity index (χ3n) is 3.17. The summed E-state index contributed by atoms with van der Waals surface area (Å²) < 4.78 is 0.898. The van der Waals surface area contributed by atoms with Gasteiger partial charge in [-0.05, 0) is 39.3 Å². The van der Waals surface area contributed by atoms with Gasteiger partial charge >= 0.3 is 0 Å². The molecule has 0 amide bonds. The SMILES string of the molecule is CC(C)N1CCCC1c1ccc[nH]c1=S. The Labute approximate surface area is 96.3 Å². The zero-order valence-corrected chi connectivity index (χ0v) is 10.2. The summed E-state index contributed by atoms with van der Waals surface area (Å²) in [7, 11) is 0. The van der Waals surface area contributed by atoms with Crippen LogP contribution in [0, 0.1) is 4.64 Å². The Kier molecular flexibility index (Phi) is 3.22. The molecule has 0 bridgehead atoms. The standard InChI is InChI=1S/C12H18N2S/c1-9(2)14-8-4-6-11(14)10-5-3-7-13-12(10)15/h3,5,7,9,11H,4,6,8H2,1-2H3,(H,13,15). The molecule has 0 saturated carbocycles. The molecule has 1 aromatic rings. The molecule has 15 heavy (non-hydrogen) atoms. The second kappa shape index (κ2) is 4.45. The van der Waals surface area contributed by atoms with E-state index in [2.05, 4.69) is 29.8 Å². The third kappa shape index (κ3) is 2.13. The van der Waals surface area contributed by atoms with E-state index >= 15 is 0 Å². The molecule has 1 atom stereocenters. The van der Waals surface area contributed by atoms with Gasteiger partial charge in [0.05, 0.1) is 0 Å². The maximum Gasteiger partial charge on any atom is 0.108 e. The average molecular weight is 222 g/mol. The van der Waals surface area contributed by atoms with Gasteiger partial charge in [0.1, 0.15) is 4.64 Å².